The third-order valence-electron chi connectivity index (χ3n) is 4.16. The maximum absolute atomic E-state index is 14.5. The second-order valence-electron chi connectivity index (χ2n) is 6.34. The van der Waals surface area contributed by atoms with Gasteiger partial charge in [0.2, 0.25) is 0 Å². The summed E-state index contributed by atoms with van der Waals surface area (Å²) in [4.78, 5) is 2.19. The topological polar surface area (TPSA) is 15.3 Å². The quantitative estimate of drug-likeness (QED) is 0.896. The third kappa shape index (κ3) is 4.36. The van der Waals surface area contributed by atoms with Crippen LogP contribution in [-0.2, 0) is 0 Å². The number of nitrogens with zero attached hydrogens (tertiary/aromatic N) is 1. The van der Waals surface area contributed by atoms with Gasteiger partial charge in [-0.2, -0.15) is 11.8 Å². The second kappa shape index (κ2) is 7.01. The maximum atomic E-state index is 14.5. The maximum Gasteiger partial charge on any atom is 0.146 e. The van der Waals surface area contributed by atoms with Crippen molar-refractivity contribution in [1.82, 2.24) is 5.32 Å². The van der Waals surface area contributed by atoms with Gasteiger partial charge in [0.15, 0.2) is 0 Å². The highest BCUT2D eigenvalue weighted by Crippen LogP contribution is 2.33. The third-order valence-corrected chi connectivity index (χ3v) is 5.53. The first-order valence-corrected chi connectivity index (χ1v) is 8.83. The molecule has 0 amide bonds. The molecule has 1 aromatic carbocycles. The van der Waals surface area contributed by atoms with Crippen LogP contribution in [0.2, 0.25) is 0 Å². The van der Waals surface area contributed by atoms with E-state index >= 15 is 0 Å². The Morgan fingerprint density at radius 2 is 2.14 bits per heavy atom. The molecule has 1 N–H and O–H groups in total. The first kappa shape index (κ1) is 16.6. The highest BCUT2D eigenvalue weighted by atomic mass is 32.2. The Morgan fingerprint density at radius 1 is 1.38 bits per heavy atom. The average Bonchev–Trinajstić information content (AvgIpc) is 2.60. The van der Waals surface area contributed by atoms with Crippen LogP contribution in [0.1, 0.15) is 45.7 Å². The molecule has 0 bridgehead atoms. The highest BCUT2D eigenvalue weighted by Gasteiger charge is 2.25. The summed E-state index contributed by atoms with van der Waals surface area (Å²) in [6.07, 6.45) is 1.09. The molecule has 21 heavy (non-hydrogen) atoms. The fourth-order valence-corrected chi connectivity index (χ4v) is 3.83. The Balaban J connectivity index is 2.13. The van der Waals surface area contributed by atoms with Crippen LogP contribution in [0.5, 0.6) is 0 Å². The molecular formula is C17H27FN2S. The standard InChI is InChI=1S/C17H27FN2S/c1-5-19-13(2)14-6-7-16(15(18)12-14)20-9-8-17(3,4)21-11-10-20/h6-7,12-13,19H,5,8-11H2,1-4H3. The normalized spacial score (nSPS) is 20.1. The molecule has 1 atom stereocenters. The van der Waals surface area contributed by atoms with Crippen LogP contribution < -0.4 is 10.2 Å². The van der Waals surface area contributed by atoms with Gasteiger partial charge in [-0.1, -0.05) is 26.8 Å². The summed E-state index contributed by atoms with van der Waals surface area (Å²) in [6.45, 7) is 11.4. The molecule has 1 heterocycles. The van der Waals surface area contributed by atoms with E-state index in [4.69, 9.17) is 0 Å². The molecule has 1 unspecified atom stereocenters. The van der Waals surface area contributed by atoms with Gasteiger partial charge in [-0.25, -0.2) is 4.39 Å². The van der Waals surface area contributed by atoms with Crippen LogP contribution in [0.4, 0.5) is 10.1 Å². The number of halogens is 1. The zero-order chi connectivity index (χ0) is 15.5. The molecule has 2 rings (SSSR count). The monoisotopic (exact) mass is 310 g/mol. The highest BCUT2D eigenvalue weighted by molar-refractivity contribution is 8.00. The molecule has 1 fully saturated rings. The molecule has 0 aliphatic carbocycles. The first-order valence-electron chi connectivity index (χ1n) is 7.84. The molecule has 1 aliphatic heterocycles. The summed E-state index contributed by atoms with van der Waals surface area (Å²) < 4.78 is 14.8. The fraction of sp³-hybridized carbons (Fsp3) is 0.647. The Hall–Kier alpha value is -0.740. The number of anilines is 1. The van der Waals surface area contributed by atoms with Crippen molar-refractivity contribution in [3.8, 4) is 0 Å². The zero-order valence-electron chi connectivity index (χ0n) is 13.6. The van der Waals surface area contributed by atoms with Gasteiger partial charge in [0.05, 0.1) is 5.69 Å². The summed E-state index contributed by atoms with van der Waals surface area (Å²) in [6, 6.07) is 5.87. The summed E-state index contributed by atoms with van der Waals surface area (Å²) >= 11 is 1.99. The van der Waals surface area contributed by atoms with Crippen LogP contribution in [0.15, 0.2) is 18.2 Å². The predicted octanol–water partition coefficient (Wildman–Crippen LogP) is 4.22. The minimum Gasteiger partial charge on any atom is -0.368 e. The van der Waals surface area contributed by atoms with E-state index in [2.05, 4.69) is 44.0 Å². The van der Waals surface area contributed by atoms with Gasteiger partial charge >= 0.3 is 0 Å². The van der Waals surface area contributed by atoms with Crippen molar-refractivity contribution in [1.29, 1.82) is 0 Å². The molecule has 1 aromatic rings. The van der Waals surface area contributed by atoms with Crippen molar-refractivity contribution in [2.75, 3.05) is 30.3 Å². The SMILES string of the molecule is CCNC(C)c1ccc(N2CCSC(C)(C)CC2)c(F)c1. The van der Waals surface area contributed by atoms with E-state index in [0.717, 1.165) is 43.1 Å². The Bertz CT molecular complexity index is 476. The van der Waals surface area contributed by atoms with E-state index in [1.165, 1.54) is 0 Å². The van der Waals surface area contributed by atoms with E-state index in [1.807, 2.05) is 17.8 Å². The molecule has 118 valence electrons. The summed E-state index contributed by atoms with van der Waals surface area (Å²) in [5, 5.41) is 3.33. The van der Waals surface area contributed by atoms with Gasteiger partial charge in [-0.05, 0) is 37.6 Å². The largest absolute Gasteiger partial charge is 0.368 e. The van der Waals surface area contributed by atoms with Crippen molar-refractivity contribution in [2.24, 2.45) is 0 Å². The van der Waals surface area contributed by atoms with E-state index in [0.29, 0.717) is 4.75 Å². The number of nitrogens with one attached hydrogen (secondary N) is 1. The molecule has 4 heteroatoms. The van der Waals surface area contributed by atoms with Gasteiger partial charge in [0.25, 0.3) is 0 Å². The van der Waals surface area contributed by atoms with E-state index in [9.17, 15) is 4.39 Å². The lowest BCUT2D eigenvalue weighted by molar-refractivity contribution is 0.577. The molecule has 0 spiro atoms. The van der Waals surface area contributed by atoms with Crippen LogP contribution >= 0.6 is 11.8 Å². The van der Waals surface area contributed by atoms with Gasteiger partial charge in [-0.15, -0.1) is 0 Å². The lowest BCUT2D eigenvalue weighted by atomic mass is 10.1. The Labute approximate surface area is 132 Å². The lowest BCUT2D eigenvalue weighted by Crippen LogP contribution is -2.28. The van der Waals surface area contributed by atoms with Crippen LogP contribution in [-0.4, -0.2) is 30.1 Å². The minimum absolute atomic E-state index is 0.0954. The number of hydrogen-bond donors (Lipinski definition) is 1. The molecule has 2 nitrogen and oxygen atoms in total. The predicted molar refractivity (Wildman–Crippen MR) is 91.9 cm³/mol. The number of rotatable bonds is 4. The zero-order valence-corrected chi connectivity index (χ0v) is 14.4. The lowest BCUT2D eigenvalue weighted by Gasteiger charge is -2.25. The van der Waals surface area contributed by atoms with Crippen molar-refractivity contribution >= 4 is 17.4 Å². The Kier molecular flexibility index (Phi) is 5.55. The number of thioether (sulfide) groups is 1. The van der Waals surface area contributed by atoms with Gasteiger partial charge < -0.3 is 10.2 Å². The van der Waals surface area contributed by atoms with Crippen LogP contribution in [0.3, 0.4) is 0 Å². The molecule has 0 radical (unpaired) electrons. The van der Waals surface area contributed by atoms with Crippen LogP contribution in [0, 0.1) is 5.82 Å². The summed E-state index contributed by atoms with van der Waals surface area (Å²) in [7, 11) is 0. The smallest absolute Gasteiger partial charge is 0.146 e. The molecule has 0 saturated carbocycles. The first-order chi connectivity index (χ1) is 9.93. The van der Waals surface area contributed by atoms with Crippen molar-refractivity contribution in [2.45, 2.75) is 44.9 Å². The number of hydrogen-bond acceptors (Lipinski definition) is 3. The number of benzene rings is 1. The molecule has 0 aromatic heterocycles. The van der Waals surface area contributed by atoms with Crippen molar-refractivity contribution in [3.05, 3.63) is 29.6 Å². The van der Waals surface area contributed by atoms with E-state index in [-0.39, 0.29) is 11.9 Å². The summed E-state index contributed by atoms with van der Waals surface area (Å²) in [5.74, 6) is 0.962. The van der Waals surface area contributed by atoms with Crippen molar-refractivity contribution < 1.29 is 4.39 Å². The van der Waals surface area contributed by atoms with Crippen molar-refractivity contribution in [3.63, 3.8) is 0 Å². The van der Waals surface area contributed by atoms with E-state index in [1.54, 1.807) is 6.07 Å². The summed E-state index contributed by atoms with van der Waals surface area (Å²) in [5.41, 5.74) is 1.77. The van der Waals surface area contributed by atoms with Crippen LogP contribution in [0.25, 0.3) is 0 Å². The molecular weight excluding hydrogens is 283 g/mol. The second-order valence-corrected chi connectivity index (χ2v) is 8.14. The Morgan fingerprint density at radius 3 is 2.81 bits per heavy atom. The molecule has 1 saturated heterocycles. The average molecular weight is 310 g/mol. The van der Waals surface area contributed by atoms with Gasteiger partial charge in [0, 0.05) is 29.6 Å². The van der Waals surface area contributed by atoms with E-state index < -0.39 is 0 Å². The minimum atomic E-state index is -0.0954. The molecule has 1 aliphatic rings. The van der Waals surface area contributed by atoms with Gasteiger partial charge in [0.1, 0.15) is 5.82 Å². The fourth-order valence-electron chi connectivity index (χ4n) is 2.73. The van der Waals surface area contributed by atoms with Gasteiger partial charge in [-0.3, -0.25) is 0 Å².